The molecule has 7 nitrogen and oxygen atoms in total. The number of carbonyl (C=O) groups is 1. The number of carboxylic acid groups (broad SMARTS) is 1. The van der Waals surface area contributed by atoms with E-state index in [1.807, 2.05) is 54.6 Å². The van der Waals surface area contributed by atoms with E-state index in [0.717, 1.165) is 44.9 Å². The zero-order valence-corrected chi connectivity index (χ0v) is 24.0. The van der Waals surface area contributed by atoms with E-state index in [2.05, 4.69) is 23.7 Å². The fourth-order valence-corrected chi connectivity index (χ4v) is 5.50. The van der Waals surface area contributed by atoms with Gasteiger partial charge in [-0.15, -0.1) is 0 Å². The van der Waals surface area contributed by atoms with Gasteiger partial charge >= 0.3 is 5.97 Å². The number of carboxylic acids is 1. The van der Waals surface area contributed by atoms with E-state index in [4.69, 9.17) is 5.11 Å². The molecule has 0 saturated carbocycles. The molecule has 8 heteroatoms. The van der Waals surface area contributed by atoms with Crippen LogP contribution in [-0.4, -0.2) is 43.2 Å². The predicted octanol–water partition coefficient (Wildman–Crippen LogP) is 6.17. The molecule has 3 aromatic carbocycles. The van der Waals surface area contributed by atoms with Gasteiger partial charge in [-0.1, -0.05) is 56.3 Å². The number of aliphatic hydroxyl groups is 3. The van der Waals surface area contributed by atoms with Crippen molar-refractivity contribution in [2.24, 2.45) is 0 Å². The van der Waals surface area contributed by atoms with Crippen LogP contribution in [0.4, 0.5) is 10.1 Å². The van der Waals surface area contributed by atoms with Crippen molar-refractivity contribution >= 4 is 11.7 Å². The van der Waals surface area contributed by atoms with Gasteiger partial charge in [0.25, 0.3) is 0 Å². The average Bonchev–Trinajstić information content (AvgIpc) is 3.30. The van der Waals surface area contributed by atoms with Gasteiger partial charge in [0.1, 0.15) is 5.82 Å². The van der Waals surface area contributed by atoms with Gasteiger partial charge in [0.15, 0.2) is 0 Å². The van der Waals surface area contributed by atoms with Crippen LogP contribution in [-0.2, 0) is 24.5 Å². The highest BCUT2D eigenvalue weighted by Crippen LogP contribution is 2.42. The second-order valence-corrected chi connectivity index (χ2v) is 10.9. The molecule has 5 N–H and O–H groups in total. The predicted molar refractivity (Wildman–Crippen MR) is 163 cm³/mol. The number of hydrogen-bond acceptors (Lipinski definition) is 5. The Morgan fingerprint density at radius 1 is 0.905 bits per heavy atom. The minimum Gasteiger partial charge on any atom is -0.481 e. The second kappa shape index (κ2) is 14.3. The Kier molecular flexibility index (Phi) is 10.5. The van der Waals surface area contributed by atoms with Crippen molar-refractivity contribution in [3.05, 3.63) is 102 Å². The third-order valence-corrected chi connectivity index (χ3v) is 7.38. The Bertz CT molecular complexity index is 1450. The van der Waals surface area contributed by atoms with E-state index in [0.29, 0.717) is 19.5 Å². The first-order valence-corrected chi connectivity index (χ1v) is 14.3. The van der Waals surface area contributed by atoms with Crippen LogP contribution in [0.3, 0.4) is 0 Å². The van der Waals surface area contributed by atoms with Crippen molar-refractivity contribution < 1.29 is 29.6 Å². The van der Waals surface area contributed by atoms with Crippen LogP contribution < -0.4 is 5.32 Å². The molecule has 0 spiro atoms. The Labute approximate surface area is 245 Å². The number of nitrogens with zero attached hydrogens (tertiary/aromatic N) is 1. The topological polar surface area (TPSA) is 115 Å². The van der Waals surface area contributed by atoms with Gasteiger partial charge in [0.05, 0.1) is 30.9 Å². The number of hydrogen-bond donors (Lipinski definition) is 5. The standard InChI is InChI=1S/C34H39FN2O5/c1-22(2)33-30(20-36-27-14-8-23(21-38)9-15-27)32(24-6-4-3-5-7-24)34(25-10-12-26(35)13-11-25)37(33)17-16-28(39)18-29(40)19-31(41)42/h3-15,22,28-29,36,38-40H,16-21H2,1-2H3,(H,41,42)/t28-,29-/m1/s1. The third kappa shape index (κ3) is 7.64. The Morgan fingerprint density at radius 3 is 2.17 bits per heavy atom. The van der Waals surface area contributed by atoms with Gasteiger partial charge in [0, 0.05) is 35.6 Å². The monoisotopic (exact) mass is 574 g/mol. The van der Waals surface area contributed by atoms with E-state index in [9.17, 15) is 24.5 Å². The summed E-state index contributed by atoms with van der Waals surface area (Å²) in [7, 11) is 0. The molecule has 4 rings (SSSR count). The van der Waals surface area contributed by atoms with Crippen molar-refractivity contribution in [2.45, 2.75) is 70.9 Å². The van der Waals surface area contributed by atoms with Crippen molar-refractivity contribution in [2.75, 3.05) is 5.32 Å². The lowest BCUT2D eigenvalue weighted by Gasteiger charge is -2.20. The summed E-state index contributed by atoms with van der Waals surface area (Å²) in [5.74, 6) is -1.36. The highest BCUT2D eigenvalue weighted by atomic mass is 19.1. The first-order chi connectivity index (χ1) is 20.2. The normalized spacial score (nSPS) is 12.8. The van der Waals surface area contributed by atoms with Gasteiger partial charge in [-0.2, -0.15) is 0 Å². The Balaban J connectivity index is 1.82. The summed E-state index contributed by atoms with van der Waals surface area (Å²) >= 11 is 0. The fraction of sp³-hybridized carbons (Fsp3) is 0.324. The third-order valence-electron chi connectivity index (χ3n) is 7.38. The van der Waals surface area contributed by atoms with Crippen LogP contribution in [0.25, 0.3) is 22.4 Å². The van der Waals surface area contributed by atoms with Crippen molar-refractivity contribution in [1.82, 2.24) is 4.57 Å². The lowest BCUT2D eigenvalue weighted by atomic mass is 9.95. The van der Waals surface area contributed by atoms with Crippen LogP contribution in [0.15, 0.2) is 78.9 Å². The zero-order chi connectivity index (χ0) is 30.2. The number of nitrogens with one attached hydrogen (secondary N) is 1. The van der Waals surface area contributed by atoms with Gasteiger partial charge < -0.3 is 30.3 Å². The maximum absolute atomic E-state index is 14.0. The van der Waals surface area contributed by atoms with Crippen molar-refractivity contribution in [1.29, 1.82) is 0 Å². The summed E-state index contributed by atoms with van der Waals surface area (Å²) in [6.07, 6.45) is -2.22. The summed E-state index contributed by atoms with van der Waals surface area (Å²) in [5, 5.41) is 42.8. The van der Waals surface area contributed by atoms with E-state index in [1.165, 1.54) is 12.1 Å². The zero-order valence-electron chi connectivity index (χ0n) is 24.0. The summed E-state index contributed by atoms with van der Waals surface area (Å²) in [6, 6.07) is 24.0. The van der Waals surface area contributed by atoms with Gasteiger partial charge in [0.2, 0.25) is 0 Å². The number of aliphatic hydroxyl groups excluding tert-OH is 3. The first kappa shape index (κ1) is 31.0. The van der Waals surface area contributed by atoms with E-state index in [-0.39, 0.29) is 24.8 Å². The number of benzene rings is 3. The lowest BCUT2D eigenvalue weighted by Crippen LogP contribution is -2.22. The minimum atomic E-state index is -1.14. The Morgan fingerprint density at radius 2 is 1.57 bits per heavy atom. The van der Waals surface area contributed by atoms with E-state index >= 15 is 0 Å². The fourth-order valence-electron chi connectivity index (χ4n) is 5.50. The second-order valence-electron chi connectivity index (χ2n) is 10.9. The quantitative estimate of drug-likeness (QED) is 0.123. The molecule has 0 saturated heterocycles. The molecule has 0 aliphatic heterocycles. The van der Waals surface area contributed by atoms with Gasteiger partial charge in [-0.05, 0) is 71.8 Å². The SMILES string of the molecule is CC(C)c1c(CNc2ccc(CO)cc2)c(-c2ccccc2)c(-c2ccc(F)cc2)n1CC[C@@H](O)C[C@@H](O)CC(=O)O. The molecular formula is C34H39FN2O5. The first-order valence-electron chi connectivity index (χ1n) is 14.3. The molecule has 0 aliphatic rings. The molecule has 222 valence electrons. The molecule has 1 heterocycles. The molecule has 4 aromatic rings. The maximum atomic E-state index is 14.0. The van der Waals surface area contributed by atoms with E-state index in [1.54, 1.807) is 12.1 Å². The average molecular weight is 575 g/mol. The smallest absolute Gasteiger partial charge is 0.305 e. The molecule has 0 bridgehead atoms. The summed E-state index contributed by atoms with van der Waals surface area (Å²) in [4.78, 5) is 11.0. The highest BCUT2D eigenvalue weighted by molar-refractivity contribution is 5.86. The molecule has 0 aliphatic carbocycles. The van der Waals surface area contributed by atoms with E-state index < -0.39 is 24.6 Å². The molecule has 0 unspecified atom stereocenters. The summed E-state index contributed by atoms with van der Waals surface area (Å²) < 4.78 is 16.2. The summed E-state index contributed by atoms with van der Waals surface area (Å²) in [6.45, 7) is 5.10. The minimum absolute atomic E-state index is 0.0288. The Hall–Kier alpha value is -3.98. The highest BCUT2D eigenvalue weighted by Gasteiger charge is 2.27. The van der Waals surface area contributed by atoms with Crippen molar-refractivity contribution in [3.8, 4) is 22.4 Å². The number of aliphatic carboxylic acids is 1. The number of anilines is 1. The molecule has 2 atom stereocenters. The molecule has 1 aromatic heterocycles. The number of rotatable bonds is 14. The van der Waals surface area contributed by atoms with Crippen LogP contribution in [0.5, 0.6) is 0 Å². The maximum Gasteiger partial charge on any atom is 0.305 e. The molecular weight excluding hydrogens is 535 g/mol. The molecule has 0 fully saturated rings. The molecule has 0 amide bonds. The van der Waals surface area contributed by atoms with Gasteiger partial charge in [-0.3, -0.25) is 4.79 Å². The number of halogens is 1. The largest absolute Gasteiger partial charge is 0.481 e. The molecule has 42 heavy (non-hydrogen) atoms. The van der Waals surface area contributed by atoms with Gasteiger partial charge in [-0.25, -0.2) is 4.39 Å². The van der Waals surface area contributed by atoms with Crippen LogP contribution >= 0.6 is 0 Å². The van der Waals surface area contributed by atoms with Crippen LogP contribution in [0.1, 0.15) is 55.8 Å². The lowest BCUT2D eigenvalue weighted by molar-refractivity contribution is -0.139. The van der Waals surface area contributed by atoms with Crippen molar-refractivity contribution in [3.63, 3.8) is 0 Å². The van der Waals surface area contributed by atoms with Crippen LogP contribution in [0, 0.1) is 5.82 Å². The number of aromatic nitrogens is 1. The van der Waals surface area contributed by atoms with Crippen LogP contribution in [0.2, 0.25) is 0 Å². The molecule has 0 radical (unpaired) electrons. The summed E-state index contributed by atoms with van der Waals surface area (Å²) in [5.41, 5.74) is 7.60.